The van der Waals surface area contributed by atoms with E-state index in [2.05, 4.69) is 10.4 Å². The standard InChI is InChI=1S/C32H23FN6O2/c33-27-18-20(19-34)8-13-26(27)31(40)37-21-9-11-22(12-10-21)38(32-35-16-14-23-15-17-36-39(23)32)28-6-3-5-25-24-4-1-2-7-29(24)41-30(25)28/h1-18H,19,34H2,(H,37,40). The Morgan fingerprint density at radius 3 is 2.56 bits per heavy atom. The molecule has 3 aromatic heterocycles. The molecule has 0 unspecified atom stereocenters. The number of nitrogens with zero attached hydrogens (tertiary/aromatic N) is 4. The Bertz CT molecular complexity index is 2060. The van der Waals surface area contributed by atoms with Crippen molar-refractivity contribution >= 4 is 56.4 Å². The molecule has 9 heteroatoms. The van der Waals surface area contributed by atoms with Crippen molar-refractivity contribution in [3.63, 3.8) is 0 Å². The number of hydrogen-bond donors (Lipinski definition) is 2. The summed E-state index contributed by atoms with van der Waals surface area (Å²) in [7, 11) is 0. The van der Waals surface area contributed by atoms with Crippen LogP contribution < -0.4 is 16.0 Å². The maximum absolute atomic E-state index is 14.5. The number of para-hydroxylation sites is 2. The van der Waals surface area contributed by atoms with Crippen LogP contribution in [0.25, 0.3) is 27.5 Å². The Labute approximate surface area is 233 Å². The van der Waals surface area contributed by atoms with Crippen LogP contribution in [0.15, 0.2) is 114 Å². The summed E-state index contributed by atoms with van der Waals surface area (Å²) in [6, 6.07) is 29.3. The van der Waals surface area contributed by atoms with Gasteiger partial charge in [0.1, 0.15) is 11.4 Å². The molecule has 8 nitrogen and oxygen atoms in total. The lowest BCUT2D eigenvalue weighted by molar-refractivity contribution is 0.102. The number of furan rings is 1. The van der Waals surface area contributed by atoms with Gasteiger partial charge in [0, 0.05) is 34.9 Å². The van der Waals surface area contributed by atoms with Crippen molar-refractivity contribution in [1.82, 2.24) is 14.6 Å². The molecule has 41 heavy (non-hydrogen) atoms. The lowest BCUT2D eigenvalue weighted by Gasteiger charge is -2.24. The zero-order chi connectivity index (χ0) is 27.9. The molecule has 0 saturated heterocycles. The third kappa shape index (κ3) is 4.25. The minimum absolute atomic E-state index is 0.0565. The largest absolute Gasteiger partial charge is 0.454 e. The fourth-order valence-corrected chi connectivity index (χ4v) is 5.03. The molecule has 200 valence electrons. The Balaban J connectivity index is 1.32. The number of halogens is 1. The predicted octanol–water partition coefficient (Wildman–Crippen LogP) is 6.95. The fraction of sp³-hybridized carbons (Fsp3) is 0.0312. The second kappa shape index (κ2) is 9.89. The molecule has 0 aliphatic carbocycles. The van der Waals surface area contributed by atoms with Crippen molar-refractivity contribution < 1.29 is 13.6 Å². The van der Waals surface area contributed by atoms with Crippen LogP contribution in [0.3, 0.4) is 0 Å². The van der Waals surface area contributed by atoms with Gasteiger partial charge in [-0.1, -0.05) is 36.4 Å². The molecule has 7 rings (SSSR count). The van der Waals surface area contributed by atoms with Crippen molar-refractivity contribution in [3.8, 4) is 0 Å². The average molecular weight is 543 g/mol. The Kier molecular flexibility index (Phi) is 5.91. The molecule has 0 radical (unpaired) electrons. The van der Waals surface area contributed by atoms with E-state index in [1.54, 1.807) is 35.1 Å². The zero-order valence-electron chi connectivity index (χ0n) is 21.7. The molecule has 0 bridgehead atoms. The van der Waals surface area contributed by atoms with Gasteiger partial charge in [0.15, 0.2) is 5.58 Å². The van der Waals surface area contributed by atoms with Crippen LogP contribution in [-0.2, 0) is 6.54 Å². The average Bonchev–Trinajstić information content (AvgIpc) is 3.64. The van der Waals surface area contributed by atoms with E-state index in [0.717, 1.165) is 33.2 Å². The normalized spacial score (nSPS) is 11.4. The van der Waals surface area contributed by atoms with E-state index in [4.69, 9.17) is 15.1 Å². The van der Waals surface area contributed by atoms with E-state index in [-0.39, 0.29) is 12.1 Å². The van der Waals surface area contributed by atoms with E-state index in [9.17, 15) is 9.18 Å². The van der Waals surface area contributed by atoms with E-state index < -0.39 is 11.7 Å². The lowest BCUT2D eigenvalue weighted by Crippen LogP contribution is -2.17. The number of hydrogen-bond acceptors (Lipinski definition) is 6. The highest BCUT2D eigenvalue weighted by molar-refractivity contribution is 6.10. The van der Waals surface area contributed by atoms with Crippen LogP contribution >= 0.6 is 0 Å². The SMILES string of the molecule is NCc1ccc(C(=O)Nc2ccc(N(c3cccc4c3oc3ccccc34)c3nccc4ccnn34)cc2)c(F)c1. The number of carbonyl (C=O) groups is 1. The molecule has 4 aromatic carbocycles. The summed E-state index contributed by atoms with van der Waals surface area (Å²) in [4.78, 5) is 19.5. The predicted molar refractivity (Wildman–Crippen MR) is 157 cm³/mol. The van der Waals surface area contributed by atoms with Gasteiger partial charge in [-0.25, -0.2) is 9.37 Å². The molecule has 0 aliphatic rings. The van der Waals surface area contributed by atoms with Crippen molar-refractivity contribution in [3.05, 3.63) is 126 Å². The lowest BCUT2D eigenvalue weighted by atomic mass is 10.1. The summed E-state index contributed by atoms with van der Waals surface area (Å²) in [6.45, 7) is 0.194. The van der Waals surface area contributed by atoms with Gasteiger partial charge in [0.05, 0.1) is 23.0 Å². The molecule has 0 atom stereocenters. The summed E-state index contributed by atoms with van der Waals surface area (Å²) in [6.07, 6.45) is 3.45. The van der Waals surface area contributed by atoms with E-state index >= 15 is 0 Å². The second-order valence-corrected chi connectivity index (χ2v) is 9.52. The first-order valence-corrected chi connectivity index (χ1v) is 13.0. The number of carbonyl (C=O) groups excluding carboxylic acids is 1. The van der Waals surface area contributed by atoms with E-state index in [1.807, 2.05) is 71.6 Å². The number of fused-ring (bicyclic) bond motifs is 4. The molecule has 0 fully saturated rings. The van der Waals surface area contributed by atoms with Crippen molar-refractivity contribution in [2.75, 3.05) is 10.2 Å². The Morgan fingerprint density at radius 1 is 0.927 bits per heavy atom. The van der Waals surface area contributed by atoms with Gasteiger partial charge in [0.2, 0.25) is 5.95 Å². The number of nitrogens with two attached hydrogens (primary N) is 1. The Morgan fingerprint density at radius 2 is 1.73 bits per heavy atom. The summed E-state index contributed by atoms with van der Waals surface area (Å²) >= 11 is 0. The molecule has 3 N–H and O–H groups in total. The minimum Gasteiger partial charge on any atom is -0.454 e. The number of rotatable bonds is 6. The molecule has 1 amide bonds. The molecular formula is C32H23FN6O2. The molecule has 7 aromatic rings. The van der Waals surface area contributed by atoms with Crippen LogP contribution in [-0.4, -0.2) is 20.5 Å². The van der Waals surface area contributed by atoms with E-state index in [1.165, 1.54) is 12.1 Å². The number of anilines is 4. The monoisotopic (exact) mass is 542 g/mol. The van der Waals surface area contributed by atoms with Crippen LogP contribution in [0.2, 0.25) is 0 Å². The van der Waals surface area contributed by atoms with Crippen molar-refractivity contribution in [1.29, 1.82) is 0 Å². The molecule has 0 aliphatic heterocycles. The van der Waals surface area contributed by atoms with Crippen molar-refractivity contribution in [2.24, 2.45) is 5.73 Å². The Hall–Kier alpha value is -5.54. The third-order valence-corrected chi connectivity index (χ3v) is 7.02. The molecular weight excluding hydrogens is 519 g/mol. The second-order valence-electron chi connectivity index (χ2n) is 9.52. The maximum Gasteiger partial charge on any atom is 0.258 e. The summed E-state index contributed by atoms with van der Waals surface area (Å²) in [5.74, 6) is -0.615. The summed E-state index contributed by atoms with van der Waals surface area (Å²) in [5, 5.41) is 9.27. The number of nitrogens with one attached hydrogen (secondary N) is 1. The topological polar surface area (TPSA) is 102 Å². The van der Waals surface area contributed by atoms with Crippen LogP contribution in [0.1, 0.15) is 15.9 Å². The smallest absolute Gasteiger partial charge is 0.258 e. The quantitative estimate of drug-likeness (QED) is 0.236. The first kappa shape index (κ1) is 24.5. The van der Waals surface area contributed by atoms with Crippen LogP contribution in [0.5, 0.6) is 0 Å². The number of aromatic nitrogens is 3. The summed E-state index contributed by atoms with van der Waals surface area (Å²) in [5.41, 5.74) is 10.5. The number of benzene rings is 4. The van der Waals surface area contributed by atoms with Crippen LogP contribution in [0.4, 0.5) is 27.4 Å². The van der Waals surface area contributed by atoms with E-state index in [0.29, 0.717) is 22.8 Å². The highest BCUT2D eigenvalue weighted by atomic mass is 19.1. The van der Waals surface area contributed by atoms with Gasteiger partial charge < -0.3 is 15.5 Å². The van der Waals surface area contributed by atoms with Crippen LogP contribution in [0, 0.1) is 5.82 Å². The highest BCUT2D eigenvalue weighted by Crippen LogP contribution is 2.41. The third-order valence-electron chi connectivity index (χ3n) is 7.02. The molecule has 3 heterocycles. The molecule has 0 spiro atoms. The van der Waals surface area contributed by atoms with Gasteiger partial charge >= 0.3 is 0 Å². The van der Waals surface area contributed by atoms with Gasteiger partial charge in [-0.15, -0.1) is 0 Å². The first-order chi connectivity index (χ1) is 20.1. The van der Waals surface area contributed by atoms with Gasteiger partial charge in [0.25, 0.3) is 5.91 Å². The van der Waals surface area contributed by atoms with Crippen molar-refractivity contribution in [2.45, 2.75) is 6.54 Å². The maximum atomic E-state index is 14.5. The van der Waals surface area contributed by atoms with Gasteiger partial charge in [-0.2, -0.15) is 9.61 Å². The number of amides is 1. The zero-order valence-corrected chi connectivity index (χ0v) is 21.7. The minimum atomic E-state index is -0.620. The van der Waals surface area contributed by atoms with Gasteiger partial charge in [-0.05, 0) is 66.2 Å². The summed E-state index contributed by atoms with van der Waals surface area (Å²) < 4.78 is 22.6. The molecule has 0 saturated carbocycles. The highest BCUT2D eigenvalue weighted by Gasteiger charge is 2.22. The fourth-order valence-electron chi connectivity index (χ4n) is 5.03. The van der Waals surface area contributed by atoms with Gasteiger partial charge in [-0.3, -0.25) is 9.69 Å². The first-order valence-electron chi connectivity index (χ1n) is 13.0.